The molecule has 0 atom stereocenters. The van der Waals surface area contributed by atoms with Gasteiger partial charge in [0.1, 0.15) is 0 Å². The van der Waals surface area contributed by atoms with Gasteiger partial charge in [0.15, 0.2) is 11.0 Å². The Labute approximate surface area is 190 Å². The lowest BCUT2D eigenvalue weighted by atomic mass is 10.2. The van der Waals surface area contributed by atoms with E-state index in [1.807, 2.05) is 28.8 Å². The van der Waals surface area contributed by atoms with Crippen molar-refractivity contribution in [3.63, 3.8) is 0 Å². The molecule has 1 heterocycles. The van der Waals surface area contributed by atoms with Crippen LogP contribution in [0.2, 0.25) is 10.0 Å². The lowest BCUT2D eigenvalue weighted by Gasteiger charge is -2.13. The molecule has 0 saturated carbocycles. The van der Waals surface area contributed by atoms with Crippen LogP contribution in [-0.4, -0.2) is 27.3 Å². The van der Waals surface area contributed by atoms with Crippen LogP contribution in [0.5, 0.6) is 0 Å². The Morgan fingerprint density at radius 3 is 2.63 bits per heavy atom. The molecule has 3 aromatic rings. The van der Waals surface area contributed by atoms with Crippen molar-refractivity contribution in [2.45, 2.75) is 37.2 Å². The molecular formula is C21H23Cl2N5OS. The molecule has 2 aromatic carbocycles. The van der Waals surface area contributed by atoms with Gasteiger partial charge in [0.05, 0.1) is 17.3 Å². The number of carbonyl (C=O) groups is 1. The fourth-order valence-electron chi connectivity index (χ4n) is 2.74. The van der Waals surface area contributed by atoms with Crippen molar-refractivity contribution in [2.75, 3.05) is 6.54 Å². The molecule has 2 amide bonds. The fourth-order valence-corrected chi connectivity index (χ4v) is 4.15. The summed E-state index contributed by atoms with van der Waals surface area (Å²) >= 11 is 14.1. The minimum absolute atomic E-state index is 0.218. The molecule has 1 aromatic heterocycles. The summed E-state index contributed by atoms with van der Waals surface area (Å²) in [7, 11) is 0. The fraction of sp³-hybridized carbons (Fsp3) is 0.286. The van der Waals surface area contributed by atoms with Crippen LogP contribution in [0.1, 0.15) is 31.2 Å². The van der Waals surface area contributed by atoms with Gasteiger partial charge >= 0.3 is 6.03 Å². The van der Waals surface area contributed by atoms with Crippen molar-refractivity contribution in [1.29, 1.82) is 0 Å². The normalized spacial score (nSPS) is 10.8. The summed E-state index contributed by atoms with van der Waals surface area (Å²) in [5.41, 5.74) is 1.89. The Morgan fingerprint density at radius 1 is 1.10 bits per heavy atom. The third-order valence-corrected chi connectivity index (χ3v) is 5.82. The van der Waals surface area contributed by atoms with Crippen molar-refractivity contribution >= 4 is 41.0 Å². The number of urea groups is 1. The molecule has 30 heavy (non-hydrogen) atoms. The van der Waals surface area contributed by atoms with Gasteiger partial charge in [-0.25, -0.2) is 4.79 Å². The highest BCUT2D eigenvalue weighted by Crippen LogP contribution is 2.30. The standard InChI is InChI=1S/C21H23Cl2N5OS/c1-2-3-11-24-20(29)25-13-19-26-27-21(30-14-15-7-5-4-6-8-15)28(19)18-10-9-16(22)12-17(18)23/h4-10,12H,2-3,11,13-14H2,1H3,(H2,24,25,29). The number of unbranched alkanes of at least 4 members (excludes halogenated alkanes) is 1. The number of amides is 2. The molecule has 2 N–H and O–H groups in total. The molecule has 0 saturated heterocycles. The SMILES string of the molecule is CCCCNC(=O)NCc1nnc(SCc2ccccc2)n1-c1ccc(Cl)cc1Cl. The van der Waals surface area contributed by atoms with Gasteiger partial charge in [0, 0.05) is 17.3 Å². The summed E-state index contributed by atoms with van der Waals surface area (Å²) in [4.78, 5) is 12.0. The number of benzene rings is 2. The predicted octanol–water partition coefficient (Wildman–Crippen LogP) is 5.47. The third kappa shape index (κ3) is 6.14. The molecule has 0 unspecified atom stereocenters. The van der Waals surface area contributed by atoms with Gasteiger partial charge < -0.3 is 10.6 Å². The number of hydrogen-bond acceptors (Lipinski definition) is 4. The summed E-state index contributed by atoms with van der Waals surface area (Å²) in [5, 5.41) is 16.0. The molecule has 6 nitrogen and oxygen atoms in total. The highest BCUT2D eigenvalue weighted by atomic mass is 35.5. The third-order valence-electron chi connectivity index (χ3n) is 4.28. The summed E-state index contributed by atoms with van der Waals surface area (Å²) in [6, 6.07) is 15.1. The maximum atomic E-state index is 12.0. The van der Waals surface area contributed by atoms with Crippen LogP contribution in [0.3, 0.4) is 0 Å². The highest BCUT2D eigenvalue weighted by Gasteiger charge is 2.17. The van der Waals surface area contributed by atoms with Gasteiger partial charge in [-0.05, 0) is 30.2 Å². The zero-order valence-corrected chi connectivity index (χ0v) is 18.9. The largest absolute Gasteiger partial charge is 0.338 e. The molecule has 3 rings (SSSR count). The van der Waals surface area contributed by atoms with E-state index in [0.29, 0.717) is 33.3 Å². The van der Waals surface area contributed by atoms with Gasteiger partial charge in [-0.2, -0.15) is 0 Å². The van der Waals surface area contributed by atoms with E-state index >= 15 is 0 Å². The summed E-state index contributed by atoms with van der Waals surface area (Å²) < 4.78 is 1.86. The van der Waals surface area contributed by atoms with Crippen LogP contribution in [-0.2, 0) is 12.3 Å². The number of hydrogen-bond donors (Lipinski definition) is 2. The van der Waals surface area contributed by atoms with Crippen LogP contribution in [0.15, 0.2) is 53.7 Å². The van der Waals surface area contributed by atoms with Crippen LogP contribution < -0.4 is 10.6 Å². The Kier molecular flexibility index (Phi) is 8.42. The topological polar surface area (TPSA) is 71.8 Å². The lowest BCUT2D eigenvalue weighted by Crippen LogP contribution is -2.36. The van der Waals surface area contributed by atoms with E-state index in [0.717, 1.165) is 18.6 Å². The Hall–Kier alpha value is -2.22. The van der Waals surface area contributed by atoms with Crippen molar-refractivity contribution in [3.8, 4) is 5.69 Å². The molecule has 0 aliphatic heterocycles. The first kappa shape index (κ1) is 22.5. The quantitative estimate of drug-likeness (QED) is 0.326. The summed E-state index contributed by atoms with van der Waals surface area (Å²) in [6.07, 6.45) is 1.95. The first-order valence-electron chi connectivity index (χ1n) is 9.66. The minimum Gasteiger partial charge on any atom is -0.338 e. The Bertz CT molecular complexity index is 981. The maximum Gasteiger partial charge on any atom is 0.315 e. The average Bonchev–Trinajstić information content (AvgIpc) is 3.14. The molecule has 0 aliphatic rings. The molecule has 0 aliphatic carbocycles. The molecule has 0 bridgehead atoms. The molecule has 0 radical (unpaired) electrons. The molecule has 0 spiro atoms. The van der Waals surface area contributed by atoms with E-state index in [-0.39, 0.29) is 12.6 Å². The van der Waals surface area contributed by atoms with Crippen LogP contribution >= 0.6 is 35.0 Å². The van der Waals surface area contributed by atoms with Crippen LogP contribution in [0.25, 0.3) is 5.69 Å². The average molecular weight is 464 g/mol. The lowest BCUT2D eigenvalue weighted by molar-refractivity contribution is 0.240. The zero-order valence-electron chi connectivity index (χ0n) is 16.6. The van der Waals surface area contributed by atoms with Gasteiger partial charge in [0.25, 0.3) is 0 Å². The van der Waals surface area contributed by atoms with Gasteiger partial charge in [-0.15, -0.1) is 10.2 Å². The summed E-state index contributed by atoms with van der Waals surface area (Å²) in [6.45, 7) is 2.93. The number of rotatable bonds is 9. The number of carbonyl (C=O) groups excluding carboxylic acids is 1. The molecular weight excluding hydrogens is 441 g/mol. The van der Waals surface area contributed by atoms with Gasteiger partial charge in [-0.3, -0.25) is 4.57 Å². The second kappa shape index (κ2) is 11.2. The molecule has 9 heteroatoms. The van der Waals surface area contributed by atoms with E-state index in [4.69, 9.17) is 23.2 Å². The van der Waals surface area contributed by atoms with Crippen molar-refractivity contribution in [3.05, 3.63) is 70.0 Å². The minimum atomic E-state index is -0.237. The zero-order chi connectivity index (χ0) is 21.3. The van der Waals surface area contributed by atoms with E-state index in [2.05, 4.69) is 39.9 Å². The predicted molar refractivity (Wildman–Crippen MR) is 123 cm³/mol. The van der Waals surface area contributed by atoms with E-state index in [9.17, 15) is 4.79 Å². The summed E-state index contributed by atoms with van der Waals surface area (Å²) in [5.74, 6) is 1.31. The Morgan fingerprint density at radius 2 is 1.90 bits per heavy atom. The van der Waals surface area contributed by atoms with E-state index in [1.165, 1.54) is 5.56 Å². The number of halogens is 2. The number of aromatic nitrogens is 3. The number of nitrogens with one attached hydrogen (secondary N) is 2. The first-order chi connectivity index (χ1) is 14.6. The maximum absolute atomic E-state index is 12.0. The van der Waals surface area contributed by atoms with Crippen molar-refractivity contribution < 1.29 is 4.79 Å². The number of nitrogens with zero attached hydrogens (tertiary/aromatic N) is 3. The second-order valence-electron chi connectivity index (χ2n) is 6.57. The van der Waals surface area contributed by atoms with E-state index in [1.54, 1.807) is 23.9 Å². The molecule has 0 fully saturated rings. The highest BCUT2D eigenvalue weighted by molar-refractivity contribution is 7.98. The van der Waals surface area contributed by atoms with Crippen LogP contribution in [0, 0.1) is 0 Å². The van der Waals surface area contributed by atoms with Crippen LogP contribution in [0.4, 0.5) is 4.79 Å². The Balaban J connectivity index is 1.81. The van der Waals surface area contributed by atoms with E-state index < -0.39 is 0 Å². The van der Waals surface area contributed by atoms with Crippen molar-refractivity contribution in [2.24, 2.45) is 0 Å². The number of thioether (sulfide) groups is 1. The van der Waals surface area contributed by atoms with Crippen molar-refractivity contribution in [1.82, 2.24) is 25.4 Å². The monoisotopic (exact) mass is 463 g/mol. The van der Waals surface area contributed by atoms with Gasteiger partial charge in [-0.1, -0.05) is 78.6 Å². The first-order valence-corrected chi connectivity index (χ1v) is 11.4. The second-order valence-corrected chi connectivity index (χ2v) is 8.35. The smallest absolute Gasteiger partial charge is 0.315 e. The molecule has 158 valence electrons. The van der Waals surface area contributed by atoms with Gasteiger partial charge in [0.2, 0.25) is 0 Å².